The van der Waals surface area contributed by atoms with E-state index in [1.165, 1.54) is 32.9 Å². The quantitative estimate of drug-likeness (QED) is 0.0388. The predicted octanol–water partition coefficient (Wildman–Crippen LogP) is -2.30. The summed E-state index contributed by atoms with van der Waals surface area (Å²) < 4.78 is 0. The highest BCUT2D eigenvalue weighted by molar-refractivity contribution is 6.04. The highest BCUT2D eigenvalue weighted by Crippen LogP contribution is 2.16. The molecular formula is C30H45N9O15. The summed E-state index contributed by atoms with van der Waals surface area (Å²) in [6.07, 6.45) is -2.55. The molecule has 300 valence electrons. The molecule has 0 unspecified atom stereocenters. The second kappa shape index (κ2) is 25.2. The van der Waals surface area contributed by atoms with E-state index >= 15 is 0 Å². The third-order valence-corrected chi connectivity index (χ3v) is 7.79. The molecule has 0 aliphatic carbocycles. The molecular weight excluding hydrogens is 726 g/mol. The molecule has 0 aliphatic heterocycles. The molecule has 0 heterocycles. The van der Waals surface area contributed by atoms with Crippen molar-refractivity contribution in [2.45, 2.75) is 95.2 Å². The van der Waals surface area contributed by atoms with Crippen LogP contribution in [0.25, 0.3) is 0 Å². The lowest BCUT2D eigenvalue weighted by Gasteiger charge is -2.21. The maximum Gasteiger partial charge on any atom is 0.251 e. The van der Waals surface area contributed by atoms with E-state index in [4.69, 9.17) is 31.2 Å². The molecule has 54 heavy (non-hydrogen) atoms. The third kappa shape index (κ3) is 18.1. The number of benzene rings is 1. The van der Waals surface area contributed by atoms with E-state index in [-0.39, 0.29) is 93.7 Å². The fourth-order valence-electron chi connectivity index (χ4n) is 4.86. The fourth-order valence-corrected chi connectivity index (χ4v) is 4.86. The number of carbonyl (C=O) groups is 9. The lowest BCUT2D eigenvalue weighted by Crippen LogP contribution is -2.39. The molecule has 0 aliphatic rings. The molecule has 0 atom stereocenters. The first kappa shape index (κ1) is 46.2. The van der Waals surface area contributed by atoms with Gasteiger partial charge in [0.05, 0.1) is 0 Å². The highest BCUT2D eigenvalue weighted by Gasteiger charge is 2.24. The van der Waals surface area contributed by atoms with Gasteiger partial charge in [0, 0.05) is 73.3 Å². The van der Waals surface area contributed by atoms with E-state index in [0.717, 1.165) is 18.2 Å². The van der Waals surface area contributed by atoms with Crippen LogP contribution in [-0.2, 0) is 28.8 Å². The minimum Gasteiger partial charge on any atom is -0.349 e. The van der Waals surface area contributed by atoms with Crippen LogP contribution in [0.2, 0.25) is 0 Å². The van der Waals surface area contributed by atoms with E-state index in [0.29, 0.717) is 0 Å². The Morgan fingerprint density at radius 3 is 0.667 bits per heavy atom. The van der Waals surface area contributed by atoms with E-state index in [1.807, 2.05) is 0 Å². The van der Waals surface area contributed by atoms with E-state index in [9.17, 15) is 43.2 Å². The fraction of sp³-hybridized carbons (Fsp3) is 0.500. The van der Waals surface area contributed by atoms with Gasteiger partial charge in [0.15, 0.2) is 0 Å². The average Bonchev–Trinajstić information content (AvgIpc) is 3.19. The first-order valence-electron chi connectivity index (χ1n) is 16.3. The molecule has 1 rings (SSSR count). The van der Waals surface area contributed by atoms with Gasteiger partial charge in [0.1, 0.15) is 0 Å². The van der Waals surface area contributed by atoms with Crippen LogP contribution in [0.3, 0.4) is 0 Å². The molecule has 9 amide bonds. The zero-order valence-corrected chi connectivity index (χ0v) is 28.8. The summed E-state index contributed by atoms with van der Waals surface area (Å²) in [7, 11) is 0. The van der Waals surface area contributed by atoms with E-state index in [2.05, 4.69) is 16.0 Å². The second-order valence-corrected chi connectivity index (χ2v) is 11.8. The van der Waals surface area contributed by atoms with Crippen molar-refractivity contribution < 1.29 is 74.4 Å². The van der Waals surface area contributed by atoms with Crippen LogP contribution in [0, 0.1) is 0 Å². The maximum atomic E-state index is 13.6. The first-order chi connectivity index (χ1) is 25.7. The van der Waals surface area contributed by atoms with Crippen molar-refractivity contribution in [3.63, 3.8) is 0 Å². The van der Waals surface area contributed by atoms with Crippen molar-refractivity contribution in [1.29, 1.82) is 0 Å². The lowest BCUT2D eigenvalue weighted by molar-refractivity contribution is -0.130. The standard InChI is InChI=1S/C30H45N9O15/c40-22(34-49)7-1-19(2-8-23(41)35-50)31-28(46)16-13-17(29(47)32-20(3-9-24(42)36-51)4-10-25(43)37-52)15-18(14-16)30(48)33-21(5-11-26(44)38-53)6-12-27(45)39-54/h13-15,19-21,49-54H,1-12H2,(H,31,46)(H,32,47)(H,33,48)(H,34,40)(H,35,41)(H,36,42)(H,37,43)(H,38,44)(H,39,45). The van der Waals surface area contributed by atoms with Crippen molar-refractivity contribution >= 4 is 53.2 Å². The van der Waals surface area contributed by atoms with Gasteiger partial charge in [-0.3, -0.25) is 74.4 Å². The van der Waals surface area contributed by atoms with E-state index in [1.54, 1.807) is 0 Å². The number of hydrogen-bond donors (Lipinski definition) is 15. The van der Waals surface area contributed by atoms with Gasteiger partial charge in [0.25, 0.3) is 17.7 Å². The molecule has 15 N–H and O–H groups in total. The van der Waals surface area contributed by atoms with Gasteiger partial charge in [0.2, 0.25) is 35.4 Å². The van der Waals surface area contributed by atoms with Gasteiger partial charge < -0.3 is 16.0 Å². The summed E-state index contributed by atoms with van der Waals surface area (Å²) in [6, 6.07) is 0.438. The number of amides is 9. The molecule has 1 aromatic carbocycles. The number of hydrogen-bond acceptors (Lipinski definition) is 15. The van der Waals surface area contributed by atoms with Gasteiger partial charge in [-0.15, -0.1) is 0 Å². The van der Waals surface area contributed by atoms with E-state index < -0.39 is 71.3 Å². The van der Waals surface area contributed by atoms with Gasteiger partial charge in [-0.1, -0.05) is 0 Å². The normalized spacial score (nSPS) is 10.6. The summed E-state index contributed by atoms with van der Waals surface area (Å²) in [6.45, 7) is 0. The Morgan fingerprint density at radius 2 is 0.519 bits per heavy atom. The van der Waals surface area contributed by atoms with Gasteiger partial charge >= 0.3 is 0 Å². The Hall–Kier alpha value is -5.79. The van der Waals surface area contributed by atoms with Crippen LogP contribution in [0.5, 0.6) is 0 Å². The van der Waals surface area contributed by atoms with Gasteiger partial charge in [-0.2, -0.15) is 0 Å². The molecule has 0 aromatic heterocycles. The minimum atomic E-state index is -0.929. The Morgan fingerprint density at radius 1 is 0.352 bits per heavy atom. The SMILES string of the molecule is O=C(CCC(CCC(=O)NO)NC(=O)c1cc(C(=O)NC(CCC(=O)NO)CCC(=O)NO)cc(C(=O)NC(CCC(=O)NO)CCC(=O)NO)c1)NO. The number of carbonyl (C=O) groups excluding carboxylic acids is 9. The summed E-state index contributed by atoms with van der Waals surface area (Å²) >= 11 is 0. The first-order valence-corrected chi connectivity index (χ1v) is 16.3. The molecule has 0 saturated carbocycles. The predicted molar refractivity (Wildman–Crippen MR) is 175 cm³/mol. The lowest BCUT2D eigenvalue weighted by atomic mass is 9.99. The van der Waals surface area contributed by atoms with Crippen molar-refractivity contribution in [3.05, 3.63) is 34.9 Å². The van der Waals surface area contributed by atoms with Crippen LogP contribution in [-0.4, -0.2) is 103 Å². The van der Waals surface area contributed by atoms with Crippen LogP contribution in [0.15, 0.2) is 18.2 Å². The molecule has 0 radical (unpaired) electrons. The monoisotopic (exact) mass is 771 g/mol. The Kier molecular flexibility index (Phi) is 21.6. The van der Waals surface area contributed by atoms with Crippen LogP contribution in [0.1, 0.15) is 108 Å². The Balaban J connectivity index is 3.59. The number of rotatable bonds is 24. The average molecular weight is 772 g/mol. The molecule has 24 nitrogen and oxygen atoms in total. The maximum absolute atomic E-state index is 13.6. The summed E-state index contributed by atoms with van der Waals surface area (Å²) in [5.74, 6) is -7.64. The zero-order valence-electron chi connectivity index (χ0n) is 28.8. The molecule has 0 bridgehead atoms. The van der Waals surface area contributed by atoms with Crippen molar-refractivity contribution in [1.82, 2.24) is 48.8 Å². The molecule has 24 heteroatoms. The minimum absolute atomic E-state index is 0.112. The zero-order chi connectivity index (χ0) is 40.6. The summed E-state index contributed by atoms with van der Waals surface area (Å²) in [5.41, 5.74) is 7.66. The van der Waals surface area contributed by atoms with Crippen molar-refractivity contribution in [2.75, 3.05) is 0 Å². The third-order valence-electron chi connectivity index (χ3n) is 7.79. The molecule has 0 saturated heterocycles. The molecule has 0 fully saturated rings. The second-order valence-electron chi connectivity index (χ2n) is 11.8. The summed E-state index contributed by atoms with van der Waals surface area (Å²) in [5, 5.41) is 60.9. The van der Waals surface area contributed by atoms with Crippen LogP contribution < -0.4 is 48.8 Å². The highest BCUT2D eigenvalue weighted by atomic mass is 16.5. The van der Waals surface area contributed by atoms with Gasteiger partial charge in [-0.05, 0) is 56.7 Å². The van der Waals surface area contributed by atoms with Crippen LogP contribution in [0.4, 0.5) is 0 Å². The number of hydroxylamine groups is 6. The smallest absolute Gasteiger partial charge is 0.251 e. The van der Waals surface area contributed by atoms with Crippen molar-refractivity contribution in [2.24, 2.45) is 0 Å². The van der Waals surface area contributed by atoms with Crippen LogP contribution >= 0.6 is 0 Å². The summed E-state index contributed by atoms with van der Waals surface area (Å²) in [4.78, 5) is 111. The molecule has 0 spiro atoms. The Bertz CT molecular complexity index is 1250. The number of nitrogens with one attached hydrogen (secondary N) is 9. The Labute approximate surface area is 306 Å². The molecule has 1 aromatic rings. The van der Waals surface area contributed by atoms with Crippen molar-refractivity contribution in [3.8, 4) is 0 Å². The van der Waals surface area contributed by atoms with Gasteiger partial charge in [-0.25, -0.2) is 32.9 Å². The largest absolute Gasteiger partial charge is 0.349 e. The topological polar surface area (TPSA) is 383 Å².